The van der Waals surface area contributed by atoms with Crippen molar-refractivity contribution in [2.45, 2.75) is 57.1 Å². The molecule has 0 aromatic heterocycles. The maximum absolute atomic E-state index is 10.5. The van der Waals surface area contributed by atoms with E-state index in [0.29, 0.717) is 18.6 Å². The third kappa shape index (κ3) is 5.47. The van der Waals surface area contributed by atoms with E-state index in [1.54, 1.807) is 7.11 Å². The van der Waals surface area contributed by atoms with Crippen LogP contribution in [0.25, 0.3) is 0 Å². The van der Waals surface area contributed by atoms with E-state index in [4.69, 9.17) is 10.5 Å². The molecule has 0 radical (unpaired) electrons. The third-order valence-electron chi connectivity index (χ3n) is 3.29. The second kappa shape index (κ2) is 7.63. The Hall–Kier alpha value is -0.610. The number of primary amides is 1. The third-order valence-corrected chi connectivity index (χ3v) is 3.29. The zero-order valence-electron chi connectivity index (χ0n) is 10.2. The van der Waals surface area contributed by atoms with Gasteiger partial charge < -0.3 is 15.8 Å². The minimum atomic E-state index is -0.194. The number of rotatable bonds is 7. The lowest BCUT2D eigenvalue weighted by Gasteiger charge is -2.28. The van der Waals surface area contributed by atoms with Gasteiger partial charge in [-0.1, -0.05) is 0 Å². The Morgan fingerprint density at radius 1 is 1.31 bits per heavy atom. The van der Waals surface area contributed by atoms with Crippen LogP contribution >= 0.6 is 0 Å². The fourth-order valence-corrected chi connectivity index (χ4v) is 2.23. The molecule has 0 heterocycles. The van der Waals surface area contributed by atoms with Crippen LogP contribution in [0.3, 0.4) is 0 Å². The van der Waals surface area contributed by atoms with Crippen molar-refractivity contribution in [1.82, 2.24) is 5.32 Å². The largest absolute Gasteiger partial charge is 0.381 e. The quantitative estimate of drug-likeness (QED) is 0.643. The van der Waals surface area contributed by atoms with E-state index in [2.05, 4.69) is 5.32 Å². The van der Waals surface area contributed by atoms with Crippen LogP contribution in [-0.4, -0.2) is 31.7 Å². The molecule has 0 unspecified atom stereocenters. The van der Waals surface area contributed by atoms with Crippen LogP contribution in [0.2, 0.25) is 0 Å². The molecule has 16 heavy (non-hydrogen) atoms. The number of methoxy groups -OCH3 is 1. The number of nitrogens with one attached hydrogen (secondary N) is 1. The van der Waals surface area contributed by atoms with Gasteiger partial charge in [-0.15, -0.1) is 0 Å². The molecule has 0 spiro atoms. The molecule has 1 amide bonds. The summed E-state index contributed by atoms with van der Waals surface area (Å²) in [5.41, 5.74) is 5.07. The van der Waals surface area contributed by atoms with Crippen molar-refractivity contribution >= 4 is 5.91 Å². The normalized spacial score (nSPS) is 25.6. The Labute approximate surface area is 97.9 Å². The van der Waals surface area contributed by atoms with Gasteiger partial charge in [0, 0.05) is 19.6 Å². The van der Waals surface area contributed by atoms with Crippen molar-refractivity contribution in [2.75, 3.05) is 13.7 Å². The molecule has 1 fully saturated rings. The molecule has 4 heteroatoms. The zero-order valence-corrected chi connectivity index (χ0v) is 10.2. The van der Waals surface area contributed by atoms with Gasteiger partial charge in [0.1, 0.15) is 0 Å². The van der Waals surface area contributed by atoms with Gasteiger partial charge in [0.25, 0.3) is 0 Å². The summed E-state index contributed by atoms with van der Waals surface area (Å²) in [4.78, 5) is 10.5. The summed E-state index contributed by atoms with van der Waals surface area (Å²) in [6.07, 6.45) is 7.64. The average molecular weight is 228 g/mol. The fraction of sp³-hybridized carbons (Fsp3) is 0.917. The molecule has 1 aliphatic carbocycles. The summed E-state index contributed by atoms with van der Waals surface area (Å²) >= 11 is 0. The first-order chi connectivity index (χ1) is 7.72. The Kier molecular flexibility index (Phi) is 6.42. The number of nitrogens with two attached hydrogens (primary N) is 1. The lowest BCUT2D eigenvalue weighted by atomic mass is 9.93. The van der Waals surface area contributed by atoms with Gasteiger partial charge in [0.2, 0.25) is 5.91 Å². The van der Waals surface area contributed by atoms with E-state index in [1.807, 2.05) is 0 Å². The Balaban J connectivity index is 1.96. The molecule has 0 atom stereocenters. The smallest absolute Gasteiger partial charge is 0.217 e. The Morgan fingerprint density at radius 2 is 2.00 bits per heavy atom. The summed E-state index contributed by atoms with van der Waals surface area (Å²) in [5.74, 6) is -0.194. The molecular formula is C12H24N2O2. The predicted octanol–water partition coefficient (Wildman–Crippen LogP) is 1.19. The van der Waals surface area contributed by atoms with Crippen LogP contribution in [0.5, 0.6) is 0 Å². The standard InChI is InChI=1S/C12H24N2O2/c1-16-11-7-5-10(6-8-11)14-9-3-2-4-12(13)15/h10-11,14H,2-9H2,1H3,(H2,13,15). The molecule has 4 nitrogen and oxygen atoms in total. The summed E-state index contributed by atoms with van der Waals surface area (Å²) in [6.45, 7) is 0.996. The number of unbranched alkanes of at least 4 members (excludes halogenated alkanes) is 1. The number of amides is 1. The number of carbonyl (C=O) groups excluding carboxylic acids is 1. The van der Waals surface area contributed by atoms with Crippen molar-refractivity contribution in [3.63, 3.8) is 0 Å². The number of hydrogen-bond acceptors (Lipinski definition) is 3. The molecule has 0 aliphatic heterocycles. The van der Waals surface area contributed by atoms with Gasteiger partial charge in [0.05, 0.1) is 6.10 Å². The van der Waals surface area contributed by atoms with Crippen LogP contribution in [0.15, 0.2) is 0 Å². The molecule has 0 bridgehead atoms. The first kappa shape index (κ1) is 13.5. The van der Waals surface area contributed by atoms with Crippen LogP contribution in [0.4, 0.5) is 0 Å². The highest BCUT2D eigenvalue weighted by atomic mass is 16.5. The Bertz CT molecular complexity index is 201. The van der Waals surface area contributed by atoms with Gasteiger partial charge in [-0.05, 0) is 45.1 Å². The van der Waals surface area contributed by atoms with E-state index >= 15 is 0 Å². The van der Waals surface area contributed by atoms with E-state index in [9.17, 15) is 4.79 Å². The highest BCUT2D eigenvalue weighted by Crippen LogP contribution is 2.20. The zero-order chi connectivity index (χ0) is 11.8. The maximum Gasteiger partial charge on any atom is 0.217 e. The van der Waals surface area contributed by atoms with Crippen LogP contribution < -0.4 is 11.1 Å². The van der Waals surface area contributed by atoms with Gasteiger partial charge in [-0.2, -0.15) is 0 Å². The number of carbonyl (C=O) groups is 1. The van der Waals surface area contributed by atoms with Gasteiger partial charge in [0.15, 0.2) is 0 Å². The molecule has 0 aromatic rings. The van der Waals surface area contributed by atoms with Crippen molar-refractivity contribution in [3.05, 3.63) is 0 Å². The number of hydrogen-bond donors (Lipinski definition) is 2. The molecule has 3 N–H and O–H groups in total. The average Bonchev–Trinajstić information content (AvgIpc) is 2.29. The van der Waals surface area contributed by atoms with E-state index < -0.39 is 0 Å². The van der Waals surface area contributed by atoms with Gasteiger partial charge >= 0.3 is 0 Å². The minimum absolute atomic E-state index is 0.194. The predicted molar refractivity (Wildman–Crippen MR) is 64.1 cm³/mol. The van der Waals surface area contributed by atoms with E-state index in [1.165, 1.54) is 12.8 Å². The first-order valence-corrected chi connectivity index (χ1v) is 6.27. The molecule has 1 aliphatic rings. The summed E-state index contributed by atoms with van der Waals surface area (Å²) in [5, 5.41) is 3.53. The summed E-state index contributed by atoms with van der Waals surface area (Å²) in [7, 11) is 1.79. The monoisotopic (exact) mass is 228 g/mol. The SMILES string of the molecule is COC1CCC(NCCCCC(N)=O)CC1. The molecular weight excluding hydrogens is 204 g/mol. The van der Waals surface area contributed by atoms with Crippen molar-refractivity contribution in [2.24, 2.45) is 5.73 Å². The van der Waals surface area contributed by atoms with Crippen LogP contribution in [0.1, 0.15) is 44.9 Å². The van der Waals surface area contributed by atoms with Crippen molar-refractivity contribution < 1.29 is 9.53 Å². The van der Waals surface area contributed by atoms with E-state index in [0.717, 1.165) is 32.2 Å². The second-order valence-corrected chi connectivity index (χ2v) is 4.59. The lowest BCUT2D eigenvalue weighted by molar-refractivity contribution is -0.118. The second-order valence-electron chi connectivity index (χ2n) is 4.59. The van der Waals surface area contributed by atoms with Crippen molar-refractivity contribution in [3.8, 4) is 0 Å². The highest BCUT2D eigenvalue weighted by Gasteiger charge is 2.19. The molecule has 94 valence electrons. The highest BCUT2D eigenvalue weighted by molar-refractivity contribution is 5.73. The minimum Gasteiger partial charge on any atom is -0.381 e. The molecule has 0 aromatic carbocycles. The molecule has 0 saturated heterocycles. The first-order valence-electron chi connectivity index (χ1n) is 6.27. The molecule has 1 saturated carbocycles. The summed E-state index contributed by atoms with van der Waals surface area (Å²) < 4.78 is 5.33. The Morgan fingerprint density at radius 3 is 2.56 bits per heavy atom. The van der Waals surface area contributed by atoms with Gasteiger partial charge in [-0.3, -0.25) is 4.79 Å². The molecule has 1 rings (SSSR count). The topological polar surface area (TPSA) is 64.3 Å². The summed E-state index contributed by atoms with van der Waals surface area (Å²) in [6, 6.07) is 0.639. The number of ether oxygens (including phenoxy) is 1. The van der Waals surface area contributed by atoms with Crippen molar-refractivity contribution in [1.29, 1.82) is 0 Å². The van der Waals surface area contributed by atoms with E-state index in [-0.39, 0.29) is 5.91 Å². The fourth-order valence-electron chi connectivity index (χ4n) is 2.23. The van der Waals surface area contributed by atoms with Crippen LogP contribution in [-0.2, 0) is 9.53 Å². The maximum atomic E-state index is 10.5. The van der Waals surface area contributed by atoms with Gasteiger partial charge in [-0.25, -0.2) is 0 Å². The van der Waals surface area contributed by atoms with Crippen LogP contribution in [0, 0.1) is 0 Å². The lowest BCUT2D eigenvalue weighted by Crippen LogP contribution is -2.35.